The third kappa shape index (κ3) is 2.57. The molecule has 0 bridgehead atoms. The van der Waals surface area contributed by atoms with E-state index in [-0.39, 0.29) is 12.7 Å². The van der Waals surface area contributed by atoms with Crippen LogP contribution in [0.4, 0.5) is 5.69 Å². The first-order chi connectivity index (χ1) is 11.3. The van der Waals surface area contributed by atoms with Crippen LogP contribution < -0.4 is 14.8 Å². The zero-order valence-corrected chi connectivity index (χ0v) is 11.8. The van der Waals surface area contributed by atoms with Crippen molar-refractivity contribution in [2.45, 2.75) is 0 Å². The molecule has 1 aliphatic rings. The number of tetrazole rings is 1. The van der Waals surface area contributed by atoms with Crippen molar-refractivity contribution < 1.29 is 14.3 Å². The quantitative estimate of drug-likeness (QED) is 0.791. The molecule has 4 rings (SSSR count). The topological polar surface area (TPSA) is 91.2 Å². The summed E-state index contributed by atoms with van der Waals surface area (Å²) in [5.41, 5.74) is 1.94. The minimum absolute atomic E-state index is 0.200. The molecule has 0 atom stereocenters. The third-order valence-corrected chi connectivity index (χ3v) is 3.37. The van der Waals surface area contributed by atoms with E-state index in [9.17, 15) is 4.79 Å². The van der Waals surface area contributed by atoms with Crippen LogP contribution in [-0.2, 0) is 0 Å². The maximum absolute atomic E-state index is 12.3. The fraction of sp³-hybridized carbons (Fsp3) is 0.0667. The van der Waals surface area contributed by atoms with Crippen LogP contribution in [-0.4, -0.2) is 32.9 Å². The summed E-state index contributed by atoms with van der Waals surface area (Å²) >= 11 is 0. The van der Waals surface area contributed by atoms with Crippen molar-refractivity contribution in [3.05, 3.63) is 54.4 Å². The number of nitrogens with one attached hydrogen (secondary N) is 1. The molecule has 0 spiro atoms. The summed E-state index contributed by atoms with van der Waals surface area (Å²) in [5.74, 6) is 1.08. The molecular formula is C15H11N5O3. The average Bonchev–Trinajstić information content (AvgIpc) is 3.26. The molecule has 1 aliphatic heterocycles. The van der Waals surface area contributed by atoms with Gasteiger partial charge in [0.2, 0.25) is 6.79 Å². The normalized spacial score (nSPS) is 12.2. The number of aromatic nitrogens is 4. The maximum atomic E-state index is 12.3. The van der Waals surface area contributed by atoms with Crippen molar-refractivity contribution in [3.63, 3.8) is 0 Å². The van der Waals surface area contributed by atoms with Crippen LogP contribution in [0.5, 0.6) is 11.5 Å². The van der Waals surface area contributed by atoms with Crippen molar-refractivity contribution in [2.75, 3.05) is 12.1 Å². The highest BCUT2D eigenvalue weighted by Crippen LogP contribution is 2.34. The Bertz CT molecular complexity index is 846. The lowest BCUT2D eigenvalue weighted by molar-refractivity contribution is 0.102. The van der Waals surface area contributed by atoms with Gasteiger partial charge in [-0.3, -0.25) is 4.79 Å². The summed E-state index contributed by atoms with van der Waals surface area (Å²) in [6, 6.07) is 12.2. The smallest absolute Gasteiger partial charge is 0.255 e. The minimum atomic E-state index is -0.216. The number of nitrogens with zero attached hydrogens (tertiary/aromatic N) is 4. The zero-order valence-electron chi connectivity index (χ0n) is 11.8. The SMILES string of the molecule is O=C(Nc1ccc2c(c1)OCO2)c1ccc(-n2cnnn2)cc1. The molecule has 0 fully saturated rings. The van der Waals surface area contributed by atoms with Gasteiger partial charge in [0.25, 0.3) is 5.91 Å². The van der Waals surface area contributed by atoms with Crippen LogP contribution in [0.25, 0.3) is 5.69 Å². The van der Waals surface area contributed by atoms with Crippen molar-refractivity contribution in [1.29, 1.82) is 0 Å². The second-order valence-electron chi connectivity index (χ2n) is 4.82. The van der Waals surface area contributed by atoms with Gasteiger partial charge in [-0.15, -0.1) is 5.10 Å². The Morgan fingerprint density at radius 2 is 1.91 bits per heavy atom. The van der Waals surface area contributed by atoms with Gasteiger partial charge in [-0.25, -0.2) is 4.68 Å². The first-order valence-electron chi connectivity index (χ1n) is 6.84. The van der Waals surface area contributed by atoms with Gasteiger partial charge in [-0.05, 0) is 46.8 Å². The number of fused-ring (bicyclic) bond motifs is 1. The number of hydrogen-bond donors (Lipinski definition) is 1. The highest BCUT2D eigenvalue weighted by atomic mass is 16.7. The number of hydrogen-bond acceptors (Lipinski definition) is 6. The van der Waals surface area contributed by atoms with Crippen LogP contribution in [0.1, 0.15) is 10.4 Å². The molecule has 1 aromatic heterocycles. The second kappa shape index (κ2) is 5.41. The van der Waals surface area contributed by atoms with Gasteiger partial charge in [-0.2, -0.15) is 0 Å². The molecule has 8 nitrogen and oxygen atoms in total. The molecule has 23 heavy (non-hydrogen) atoms. The minimum Gasteiger partial charge on any atom is -0.454 e. The Kier molecular flexibility index (Phi) is 3.12. The number of rotatable bonds is 3. The Balaban J connectivity index is 1.51. The summed E-state index contributed by atoms with van der Waals surface area (Å²) in [6.45, 7) is 0.200. The molecule has 2 aromatic carbocycles. The molecule has 1 amide bonds. The summed E-state index contributed by atoms with van der Waals surface area (Å²) in [6.07, 6.45) is 1.49. The van der Waals surface area contributed by atoms with Crippen molar-refractivity contribution in [3.8, 4) is 17.2 Å². The fourth-order valence-electron chi connectivity index (χ4n) is 2.22. The van der Waals surface area contributed by atoms with Gasteiger partial charge in [0.05, 0.1) is 5.69 Å². The Hall–Kier alpha value is -3.42. The highest BCUT2D eigenvalue weighted by molar-refractivity contribution is 6.04. The molecule has 8 heteroatoms. The van der Waals surface area contributed by atoms with Crippen LogP contribution in [0.2, 0.25) is 0 Å². The molecule has 3 aromatic rings. The van der Waals surface area contributed by atoms with Crippen molar-refractivity contribution in [1.82, 2.24) is 20.2 Å². The largest absolute Gasteiger partial charge is 0.454 e. The number of anilines is 1. The molecule has 0 unspecified atom stereocenters. The standard InChI is InChI=1S/C15H11N5O3/c21-15(17-11-3-6-13-14(7-11)23-9-22-13)10-1-4-12(5-2-10)20-8-16-18-19-20/h1-8H,9H2,(H,17,21). The molecule has 1 N–H and O–H groups in total. The number of carbonyl (C=O) groups excluding carboxylic acids is 1. The lowest BCUT2D eigenvalue weighted by Gasteiger charge is -2.07. The molecule has 114 valence electrons. The second-order valence-corrected chi connectivity index (χ2v) is 4.82. The number of ether oxygens (including phenoxy) is 2. The van der Waals surface area contributed by atoms with Gasteiger partial charge in [-0.1, -0.05) is 0 Å². The summed E-state index contributed by atoms with van der Waals surface area (Å²) in [7, 11) is 0. The summed E-state index contributed by atoms with van der Waals surface area (Å²) in [5, 5.41) is 13.8. The van der Waals surface area contributed by atoms with E-state index in [1.807, 2.05) is 0 Å². The highest BCUT2D eigenvalue weighted by Gasteiger charge is 2.14. The molecule has 2 heterocycles. The van der Waals surface area contributed by atoms with E-state index in [2.05, 4.69) is 20.8 Å². The predicted molar refractivity (Wildman–Crippen MR) is 79.7 cm³/mol. The molecule has 0 saturated carbocycles. The van der Waals surface area contributed by atoms with Gasteiger partial charge >= 0.3 is 0 Å². The van der Waals surface area contributed by atoms with E-state index in [1.54, 1.807) is 42.5 Å². The lowest BCUT2D eigenvalue weighted by Crippen LogP contribution is -2.11. The van der Waals surface area contributed by atoms with Gasteiger partial charge in [0.1, 0.15) is 6.33 Å². The Morgan fingerprint density at radius 3 is 2.70 bits per heavy atom. The third-order valence-electron chi connectivity index (χ3n) is 3.37. The van der Waals surface area contributed by atoms with Crippen molar-refractivity contribution >= 4 is 11.6 Å². The Labute approximate surface area is 130 Å². The molecule has 0 radical (unpaired) electrons. The predicted octanol–water partition coefficient (Wildman–Crippen LogP) is 1.64. The first-order valence-corrected chi connectivity index (χ1v) is 6.84. The molecule has 0 saturated heterocycles. The van der Waals surface area contributed by atoms with Gasteiger partial charge in [0, 0.05) is 17.3 Å². The van der Waals surface area contributed by atoms with E-state index in [1.165, 1.54) is 11.0 Å². The Morgan fingerprint density at radius 1 is 1.09 bits per heavy atom. The number of benzene rings is 2. The summed E-state index contributed by atoms with van der Waals surface area (Å²) in [4.78, 5) is 12.3. The first kappa shape index (κ1) is 13.3. The van der Waals surface area contributed by atoms with E-state index in [4.69, 9.17) is 9.47 Å². The van der Waals surface area contributed by atoms with E-state index >= 15 is 0 Å². The van der Waals surface area contributed by atoms with E-state index in [0.717, 1.165) is 5.69 Å². The van der Waals surface area contributed by atoms with E-state index < -0.39 is 0 Å². The van der Waals surface area contributed by atoms with Crippen molar-refractivity contribution in [2.24, 2.45) is 0 Å². The monoisotopic (exact) mass is 309 g/mol. The molecule has 0 aliphatic carbocycles. The van der Waals surface area contributed by atoms with E-state index in [0.29, 0.717) is 22.7 Å². The fourth-order valence-corrected chi connectivity index (χ4v) is 2.22. The average molecular weight is 309 g/mol. The van der Waals surface area contributed by atoms with Crippen LogP contribution in [0.3, 0.4) is 0 Å². The number of carbonyl (C=O) groups is 1. The van der Waals surface area contributed by atoms with Crippen LogP contribution in [0, 0.1) is 0 Å². The lowest BCUT2D eigenvalue weighted by atomic mass is 10.2. The van der Waals surface area contributed by atoms with Crippen LogP contribution >= 0.6 is 0 Å². The number of amides is 1. The maximum Gasteiger partial charge on any atom is 0.255 e. The van der Waals surface area contributed by atoms with Crippen LogP contribution in [0.15, 0.2) is 48.8 Å². The molecular weight excluding hydrogens is 298 g/mol. The van der Waals surface area contributed by atoms with Gasteiger partial charge < -0.3 is 14.8 Å². The zero-order chi connectivity index (χ0) is 15.6. The van der Waals surface area contributed by atoms with Gasteiger partial charge in [0.15, 0.2) is 11.5 Å². The summed E-state index contributed by atoms with van der Waals surface area (Å²) < 4.78 is 12.0.